The Morgan fingerprint density at radius 2 is 2.00 bits per heavy atom. The summed E-state index contributed by atoms with van der Waals surface area (Å²) in [5.74, 6) is -0.241. The predicted molar refractivity (Wildman–Crippen MR) is 50.8 cm³/mol. The molecule has 2 N–H and O–H groups in total. The van der Waals surface area contributed by atoms with Crippen molar-refractivity contribution in [2.24, 2.45) is 5.92 Å². The Labute approximate surface area is 75.2 Å². The molecule has 0 aliphatic heterocycles. The number of carbonyl (C=O) groups is 1. The van der Waals surface area contributed by atoms with Gasteiger partial charge in [0.25, 0.3) is 0 Å². The molecular weight excluding hydrogens is 173 g/mol. The van der Waals surface area contributed by atoms with Crippen molar-refractivity contribution >= 4 is 15.4 Å². The molecule has 1 aliphatic carbocycles. The van der Waals surface area contributed by atoms with E-state index in [9.17, 15) is 4.79 Å². The number of hydrogen-bond acceptors (Lipinski definition) is 2. The van der Waals surface area contributed by atoms with Gasteiger partial charge in [0.15, 0.2) is 0 Å². The van der Waals surface area contributed by atoms with E-state index in [0.29, 0.717) is 18.4 Å². The van der Waals surface area contributed by atoms with Gasteiger partial charge in [-0.1, -0.05) is 9.39 Å². The summed E-state index contributed by atoms with van der Waals surface area (Å²) in [6.07, 6.45) is 4.68. The first-order valence-corrected chi connectivity index (χ1v) is 4.98. The van der Waals surface area contributed by atoms with Crippen LogP contribution < -0.4 is 5.09 Å². The Morgan fingerprint density at radius 3 is 2.42 bits per heavy atom. The van der Waals surface area contributed by atoms with Gasteiger partial charge >= 0.3 is 5.97 Å². The number of nitrogens with one attached hydrogen (secondary N) is 1. The summed E-state index contributed by atoms with van der Waals surface area (Å²) < 4.78 is 0. The van der Waals surface area contributed by atoms with Gasteiger partial charge < -0.3 is 5.11 Å². The normalized spacial score (nSPS) is 30.1. The molecule has 0 radical (unpaired) electrons. The second-order valence-corrected chi connectivity index (χ2v) is 3.82. The highest BCUT2D eigenvalue weighted by molar-refractivity contribution is 7.13. The van der Waals surface area contributed by atoms with Crippen LogP contribution in [0.4, 0.5) is 0 Å². The van der Waals surface area contributed by atoms with E-state index in [1.54, 1.807) is 0 Å². The van der Waals surface area contributed by atoms with Crippen LogP contribution in [0.1, 0.15) is 32.1 Å². The summed E-state index contributed by atoms with van der Waals surface area (Å²) in [6, 6.07) is 0.583. The van der Waals surface area contributed by atoms with Crippen molar-refractivity contribution in [2.75, 3.05) is 0 Å². The maximum atomic E-state index is 10.4. The van der Waals surface area contributed by atoms with E-state index in [2.05, 4.69) is 14.5 Å². The Hall–Kier alpha value is -0.140. The molecular formula is C8H16NO2P. The lowest BCUT2D eigenvalue weighted by atomic mass is 9.84. The monoisotopic (exact) mass is 189 g/mol. The van der Waals surface area contributed by atoms with E-state index in [-0.39, 0.29) is 0 Å². The van der Waals surface area contributed by atoms with Gasteiger partial charge in [-0.15, -0.1) is 0 Å². The lowest BCUT2D eigenvalue weighted by Crippen LogP contribution is -2.27. The third-order valence-corrected chi connectivity index (χ3v) is 3.02. The van der Waals surface area contributed by atoms with E-state index >= 15 is 0 Å². The molecule has 12 heavy (non-hydrogen) atoms. The van der Waals surface area contributed by atoms with Crippen LogP contribution in [-0.4, -0.2) is 17.1 Å². The van der Waals surface area contributed by atoms with E-state index in [1.165, 1.54) is 0 Å². The average molecular weight is 189 g/mol. The zero-order chi connectivity index (χ0) is 8.97. The van der Waals surface area contributed by atoms with Crippen molar-refractivity contribution < 1.29 is 9.90 Å². The smallest absolute Gasteiger partial charge is 0.303 e. The molecule has 0 aromatic carbocycles. The zero-order valence-electron chi connectivity index (χ0n) is 7.12. The summed E-state index contributed by atoms with van der Waals surface area (Å²) in [6.45, 7) is 0. The molecule has 70 valence electrons. The lowest BCUT2D eigenvalue weighted by molar-refractivity contribution is -0.138. The van der Waals surface area contributed by atoms with Crippen molar-refractivity contribution in [3.05, 3.63) is 0 Å². The number of rotatable bonds is 3. The molecule has 3 nitrogen and oxygen atoms in total. The molecule has 1 aliphatic rings. The molecule has 0 saturated heterocycles. The van der Waals surface area contributed by atoms with Crippen LogP contribution in [0.25, 0.3) is 0 Å². The Kier molecular flexibility index (Phi) is 3.96. The average Bonchev–Trinajstić information content (AvgIpc) is 2.05. The maximum absolute atomic E-state index is 10.4. The first kappa shape index (κ1) is 9.94. The van der Waals surface area contributed by atoms with Crippen LogP contribution in [0, 0.1) is 5.92 Å². The third-order valence-electron chi connectivity index (χ3n) is 2.55. The lowest BCUT2D eigenvalue weighted by Gasteiger charge is -2.26. The molecule has 0 aromatic rings. The van der Waals surface area contributed by atoms with Crippen LogP contribution in [0.2, 0.25) is 0 Å². The van der Waals surface area contributed by atoms with Gasteiger partial charge in [-0.05, 0) is 31.6 Å². The number of carboxylic acid groups (broad SMARTS) is 1. The molecule has 1 saturated carbocycles. The zero-order valence-corrected chi connectivity index (χ0v) is 8.28. The highest BCUT2D eigenvalue weighted by Gasteiger charge is 2.21. The van der Waals surface area contributed by atoms with E-state index in [0.717, 1.165) is 25.7 Å². The van der Waals surface area contributed by atoms with Gasteiger partial charge in [0.05, 0.1) is 0 Å². The molecule has 0 heterocycles. The Bertz CT molecular complexity index is 155. The van der Waals surface area contributed by atoms with Crippen molar-refractivity contribution in [2.45, 2.75) is 38.1 Å². The predicted octanol–water partition coefficient (Wildman–Crippen LogP) is 1.40. The third kappa shape index (κ3) is 3.08. The van der Waals surface area contributed by atoms with Crippen molar-refractivity contribution in [3.8, 4) is 0 Å². The fourth-order valence-corrected chi connectivity index (χ4v) is 2.11. The second kappa shape index (κ2) is 4.78. The minimum absolute atomic E-state index is 0.351. The Balaban J connectivity index is 2.21. The van der Waals surface area contributed by atoms with Gasteiger partial charge in [-0.25, -0.2) is 0 Å². The minimum atomic E-state index is -0.655. The number of carboxylic acids is 1. The van der Waals surface area contributed by atoms with Crippen molar-refractivity contribution in [3.63, 3.8) is 0 Å². The van der Waals surface area contributed by atoms with Gasteiger partial charge in [0, 0.05) is 12.5 Å². The number of aliphatic carboxylic acids is 1. The minimum Gasteiger partial charge on any atom is -0.481 e. The topological polar surface area (TPSA) is 49.3 Å². The fraction of sp³-hybridized carbons (Fsp3) is 0.875. The van der Waals surface area contributed by atoms with Crippen molar-refractivity contribution in [1.82, 2.24) is 5.09 Å². The summed E-state index contributed by atoms with van der Waals surface area (Å²) in [5, 5.41) is 11.7. The SMILES string of the molecule is O=C(O)CC1CCC(NP)CC1. The molecule has 4 heteroatoms. The summed E-state index contributed by atoms with van der Waals surface area (Å²) in [7, 11) is 2.53. The van der Waals surface area contributed by atoms with Crippen LogP contribution in [0.5, 0.6) is 0 Å². The molecule has 0 amide bonds. The summed E-state index contributed by atoms with van der Waals surface area (Å²) in [4.78, 5) is 10.4. The van der Waals surface area contributed by atoms with E-state index in [1.807, 2.05) is 0 Å². The van der Waals surface area contributed by atoms with Gasteiger partial charge in [-0.2, -0.15) is 0 Å². The van der Waals surface area contributed by atoms with Crippen LogP contribution in [-0.2, 0) is 4.79 Å². The quantitative estimate of drug-likeness (QED) is 0.660. The first-order valence-electron chi connectivity index (χ1n) is 4.40. The second-order valence-electron chi connectivity index (χ2n) is 3.48. The highest BCUT2D eigenvalue weighted by atomic mass is 31.0. The van der Waals surface area contributed by atoms with Gasteiger partial charge in [-0.3, -0.25) is 9.88 Å². The molecule has 0 aromatic heterocycles. The Morgan fingerprint density at radius 1 is 1.42 bits per heavy atom. The standard InChI is InChI=1S/C8H16NO2P/c10-8(11)5-6-1-3-7(9-12)4-2-6/h6-7,9H,1-5,12H2,(H,10,11). The van der Waals surface area contributed by atoms with Crippen LogP contribution in [0.15, 0.2) is 0 Å². The van der Waals surface area contributed by atoms with Gasteiger partial charge in [0.1, 0.15) is 0 Å². The van der Waals surface area contributed by atoms with Crippen LogP contribution >= 0.6 is 9.39 Å². The number of hydrogen-bond donors (Lipinski definition) is 2. The first-order chi connectivity index (χ1) is 5.72. The largest absolute Gasteiger partial charge is 0.481 e. The molecule has 0 spiro atoms. The van der Waals surface area contributed by atoms with E-state index in [4.69, 9.17) is 5.11 Å². The fourth-order valence-electron chi connectivity index (χ4n) is 1.78. The highest BCUT2D eigenvalue weighted by Crippen LogP contribution is 2.26. The molecule has 1 atom stereocenters. The molecule has 1 fully saturated rings. The summed E-state index contributed by atoms with van der Waals surface area (Å²) >= 11 is 0. The molecule has 1 unspecified atom stereocenters. The van der Waals surface area contributed by atoms with Crippen LogP contribution in [0.3, 0.4) is 0 Å². The maximum Gasteiger partial charge on any atom is 0.303 e. The summed E-state index contributed by atoms with van der Waals surface area (Å²) in [5.41, 5.74) is 0. The van der Waals surface area contributed by atoms with Gasteiger partial charge in [0.2, 0.25) is 0 Å². The van der Waals surface area contributed by atoms with Crippen molar-refractivity contribution in [1.29, 1.82) is 0 Å². The molecule has 1 rings (SSSR count). The van der Waals surface area contributed by atoms with E-state index < -0.39 is 5.97 Å². The molecule has 0 bridgehead atoms.